The molecule has 0 unspecified atom stereocenters. The topological polar surface area (TPSA) is 113 Å². The SMILES string of the molecule is CN(CCO)c1cc(-n2c3nc(Nc4ccc5c(c4)CNCC5)ncc3c(=O)n2C2CC2)ccn1. The average Bonchev–Trinajstić information content (AvgIpc) is 3.68. The molecule has 180 valence electrons. The highest BCUT2D eigenvalue weighted by atomic mass is 16.3. The Hall–Kier alpha value is -3.76. The highest BCUT2D eigenvalue weighted by Gasteiger charge is 2.31. The molecule has 0 saturated heterocycles. The first kappa shape index (κ1) is 21.8. The maximum atomic E-state index is 13.3. The van der Waals surface area contributed by atoms with Crippen molar-refractivity contribution in [3.63, 3.8) is 0 Å². The van der Waals surface area contributed by atoms with E-state index in [0.29, 0.717) is 29.3 Å². The predicted octanol–water partition coefficient (Wildman–Crippen LogP) is 2.13. The smallest absolute Gasteiger partial charge is 0.278 e. The zero-order valence-electron chi connectivity index (χ0n) is 19.6. The van der Waals surface area contributed by atoms with Gasteiger partial charge in [-0.05, 0) is 55.1 Å². The van der Waals surface area contributed by atoms with E-state index in [4.69, 9.17) is 4.98 Å². The molecule has 1 aliphatic heterocycles. The van der Waals surface area contributed by atoms with Crippen LogP contribution >= 0.6 is 0 Å². The minimum atomic E-state index is -0.0871. The summed E-state index contributed by atoms with van der Waals surface area (Å²) >= 11 is 0. The Labute approximate surface area is 202 Å². The number of nitrogens with one attached hydrogen (secondary N) is 2. The Morgan fingerprint density at radius 1 is 1.20 bits per heavy atom. The third-order valence-electron chi connectivity index (χ3n) is 6.67. The third kappa shape index (κ3) is 4.04. The van der Waals surface area contributed by atoms with Gasteiger partial charge >= 0.3 is 0 Å². The maximum absolute atomic E-state index is 13.3. The van der Waals surface area contributed by atoms with E-state index in [1.165, 1.54) is 11.1 Å². The van der Waals surface area contributed by atoms with Crippen molar-refractivity contribution in [1.29, 1.82) is 0 Å². The molecule has 4 heterocycles. The van der Waals surface area contributed by atoms with Crippen LogP contribution in [0.4, 0.5) is 17.5 Å². The number of hydrogen-bond donors (Lipinski definition) is 3. The lowest BCUT2D eigenvalue weighted by Crippen LogP contribution is -2.23. The number of aromatic nitrogens is 5. The van der Waals surface area contributed by atoms with Crippen LogP contribution in [0.3, 0.4) is 0 Å². The summed E-state index contributed by atoms with van der Waals surface area (Å²) in [6.07, 6.45) is 6.27. The van der Waals surface area contributed by atoms with Crippen molar-refractivity contribution in [3.05, 3.63) is 64.2 Å². The molecular formula is C25H28N8O2. The standard InChI is InChI=1S/C25H28N8O2/c1-31(10-11-34)22-13-20(7-9-27-22)32-23-21(24(35)33(32)19-4-5-19)15-28-25(30-23)29-18-3-2-16-6-8-26-14-17(16)12-18/h2-3,7,9,12-13,15,19,26,34H,4-6,8,10-11,14H2,1H3,(H,28,29,30). The van der Waals surface area contributed by atoms with Gasteiger partial charge in [-0.15, -0.1) is 0 Å². The molecule has 2 aliphatic rings. The molecule has 6 rings (SSSR count). The van der Waals surface area contributed by atoms with Crippen molar-refractivity contribution < 1.29 is 5.11 Å². The number of aliphatic hydroxyl groups excluding tert-OH is 1. The number of anilines is 3. The van der Waals surface area contributed by atoms with Crippen molar-refractivity contribution in [3.8, 4) is 5.69 Å². The van der Waals surface area contributed by atoms with Crippen LogP contribution in [-0.2, 0) is 13.0 Å². The second-order valence-electron chi connectivity index (χ2n) is 9.18. The number of rotatable bonds is 7. The van der Waals surface area contributed by atoms with Crippen LogP contribution in [0, 0.1) is 0 Å². The number of pyridine rings is 1. The van der Waals surface area contributed by atoms with Gasteiger partial charge in [-0.1, -0.05) is 6.07 Å². The van der Waals surface area contributed by atoms with Crippen LogP contribution in [0.25, 0.3) is 16.7 Å². The fraction of sp³-hybridized carbons (Fsp3) is 0.360. The minimum Gasteiger partial charge on any atom is -0.395 e. The van der Waals surface area contributed by atoms with Crippen LogP contribution in [-0.4, -0.2) is 56.2 Å². The average molecular weight is 473 g/mol. The van der Waals surface area contributed by atoms with Crippen molar-refractivity contribution >= 4 is 28.5 Å². The first-order chi connectivity index (χ1) is 17.1. The van der Waals surface area contributed by atoms with Crippen LogP contribution in [0.2, 0.25) is 0 Å². The first-order valence-electron chi connectivity index (χ1n) is 12.0. The van der Waals surface area contributed by atoms with E-state index in [1.54, 1.807) is 17.1 Å². The Morgan fingerprint density at radius 3 is 2.91 bits per heavy atom. The summed E-state index contributed by atoms with van der Waals surface area (Å²) in [5.41, 5.74) is 4.82. The normalized spacial score (nSPS) is 15.3. The van der Waals surface area contributed by atoms with E-state index in [1.807, 2.05) is 34.8 Å². The predicted molar refractivity (Wildman–Crippen MR) is 135 cm³/mol. The highest BCUT2D eigenvalue weighted by molar-refractivity contribution is 5.77. The third-order valence-corrected chi connectivity index (χ3v) is 6.67. The summed E-state index contributed by atoms with van der Waals surface area (Å²) in [6.45, 7) is 2.35. The minimum absolute atomic E-state index is 0.0304. The second-order valence-corrected chi connectivity index (χ2v) is 9.18. The number of fused-ring (bicyclic) bond motifs is 2. The summed E-state index contributed by atoms with van der Waals surface area (Å²) < 4.78 is 3.68. The van der Waals surface area contributed by atoms with Gasteiger partial charge in [0.2, 0.25) is 5.95 Å². The van der Waals surface area contributed by atoms with E-state index in [-0.39, 0.29) is 18.2 Å². The Bertz CT molecular complexity index is 1460. The molecule has 0 atom stereocenters. The Morgan fingerprint density at radius 2 is 2.09 bits per heavy atom. The van der Waals surface area contributed by atoms with Crippen LogP contribution in [0.1, 0.15) is 30.0 Å². The molecule has 10 nitrogen and oxygen atoms in total. The summed E-state index contributed by atoms with van der Waals surface area (Å²) in [4.78, 5) is 28.9. The fourth-order valence-corrected chi connectivity index (χ4v) is 4.66. The summed E-state index contributed by atoms with van der Waals surface area (Å²) in [7, 11) is 1.88. The molecule has 0 amide bonds. The van der Waals surface area contributed by atoms with Gasteiger partial charge in [0.05, 0.1) is 18.3 Å². The van der Waals surface area contributed by atoms with Gasteiger partial charge < -0.3 is 20.6 Å². The van der Waals surface area contributed by atoms with Crippen molar-refractivity contribution in [2.75, 3.05) is 37.0 Å². The molecule has 0 spiro atoms. The first-order valence-corrected chi connectivity index (χ1v) is 12.0. The molecular weight excluding hydrogens is 444 g/mol. The monoisotopic (exact) mass is 472 g/mol. The van der Waals surface area contributed by atoms with Gasteiger partial charge in [0, 0.05) is 44.3 Å². The number of aliphatic hydroxyl groups is 1. The Kier molecular flexibility index (Phi) is 5.46. The molecule has 1 fully saturated rings. The summed E-state index contributed by atoms with van der Waals surface area (Å²) in [5.74, 6) is 1.15. The van der Waals surface area contributed by atoms with Crippen LogP contribution < -0.4 is 21.1 Å². The molecule has 3 N–H and O–H groups in total. The summed E-state index contributed by atoms with van der Waals surface area (Å²) in [5, 5.41) is 16.5. The fourth-order valence-electron chi connectivity index (χ4n) is 4.66. The summed E-state index contributed by atoms with van der Waals surface area (Å²) in [6, 6.07) is 10.3. The van der Waals surface area contributed by atoms with E-state index in [0.717, 1.165) is 43.7 Å². The van der Waals surface area contributed by atoms with Crippen molar-refractivity contribution in [2.24, 2.45) is 0 Å². The quantitative estimate of drug-likeness (QED) is 0.375. The van der Waals surface area contributed by atoms with Gasteiger partial charge in [-0.2, -0.15) is 4.98 Å². The second kappa shape index (κ2) is 8.79. The molecule has 35 heavy (non-hydrogen) atoms. The zero-order valence-corrected chi connectivity index (χ0v) is 19.6. The Balaban J connectivity index is 1.43. The lowest BCUT2D eigenvalue weighted by Gasteiger charge is -2.19. The van der Waals surface area contributed by atoms with Gasteiger partial charge in [-0.3, -0.25) is 4.79 Å². The number of hydrogen-bond acceptors (Lipinski definition) is 8. The zero-order chi connectivity index (χ0) is 23.9. The van der Waals surface area contributed by atoms with Gasteiger partial charge in [0.25, 0.3) is 5.56 Å². The number of benzene rings is 1. The van der Waals surface area contributed by atoms with Gasteiger partial charge in [-0.25, -0.2) is 19.3 Å². The van der Waals surface area contributed by atoms with E-state index < -0.39 is 0 Å². The molecule has 0 radical (unpaired) electrons. The van der Waals surface area contributed by atoms with Crippen LogP contribution in [0.15, 0.2) is 47.5 Å². The highest BCUT2D eigenvalue weighted by Crippen LogP contribution is 2.36. The van der Waals surface area contributed by atoms with E-state index in [2.05, 4.69) is 32.7 Å². The lowest BCUT2D eigenvalue weighted by atomic mass is 10.0. The van der Waals surface area contributed by atoms with E-state index in [9.17, 15) is 9.90 Å². The largest absolute Gasteiger partial charge is 0.395 e. The molecule has 1 aliphatic carbocycles. The molecule has 0 bridgehead atoms. The number of nitrogens with zero attached hydrogens (tertiary/aromatic N) is 6. The lowest BCUT2D eigenvalue weighted by molar-refractivity contribution is 0.304. The molecule has 3 aromatic heterocycles. The molecule has 1 saturated carbocycles. The van der Waals surface area contributed by atoms with Gasteiger partial charge in [0.15, 0.2) is 5.65 Å². The van der Waals surface area contributed by atoms with Gasteiger partial charge in [0.1, 0.15) is 11.2 Å². The molecule has 4 aromatic rings. The van der Waals surface area contributed by atoms with E-state index >= 15 is 0 Å². The molecule has 10 heteroatoms. The maximum Gasteiger partial charge on any atom is 0.278 e. The van der Waals surface area contributed by atoms with Crippen LogP contribution in [0.5, 0.6) is 0 Å². The van der Waals surface area contributed by atoms with Crippen molar-refractivity contribution in [2.45, 2.75) is 31.8 Å². The number of likely N-dealkylation sites (N-methyl/N-ethyl adjacent to an activating group) is 1. The van der Waals surface area contributed by atoms with Crippen molar-refractivity contribution in [1.82, 2.24) is 29.6 Å². The molecule has 1 aromatic carbocycles.